The summed E-state index contributed by atoms with van der Waals surface area (Å²) < 4.78 is 0. The van der Waals surface area contributed by atoms with Crippen LogP contribution in [0.25, 0.3) is 0 Å². The molecule has 0 aromatic heterocycles. The fraction of sp³-hybridized carbons (Fsp3) is 0.286. The van der Waals surface area contributed by atoms with E-state index in [0.29, 0.717) is 0 Å². The van der Waals surface area contributed by atoms with Gasteiger partial charge in [0.15, 0.2) is 0 Å². The van der Waals surface area contributed by atoms with Gasteiger partial charge < -0.3 is 0 Å². The van der Waals surface area contributed by atoms with E-state index in [9.17, 15) is 0 Å². The van der Waals surface area contributed by atoms with Gasteiger partial charge in [-0.2, -0.15) is 0 Å². The molecule has 0 saturated carbocycles. The SMILES string of the molecule is C/C=C/CCCC#Cc1ccccc1. The van der Waals surface area contributed by atoms with Crippen molar-refractivity contribution in [2.75, 3.05) is 0 Å². The van der Waals surface area contributed by atoms with Crippen LogP contribution in [0.5, 0.6) is 0 Å². The number of hydrogen-bond acceptors (Lipinski definition) is 0. The summed E-state index contributed by atoms with van der Waals surface area (Å²) in [6, 6.07) is 10.1. The Morgan fingerprint density at radius 1 is 1.21 bits per heavy atom. The van der Waals surface area contributed by atoms with Gasteiger partial charge in [-0.1, -0.05) is 42.2 Å². The second kappa shape index (κ2) is 6.97. The molecule has 1 rings (SSSR count). The summed E-state index contributed by atoms with van der Waals surface area (Å²) in [7, 11) is 0. The van der Waals surface area contributed by atoms with Gasteiger partial charge in [-0.15, -0.1) is 0 Å². The first-order valence-corrected chi connectivity index (χ1v) is 5.08. The second-order valence-corrected chi connectivity index (χ2v) is 3.13. The highest BCUT2D eigenvalue weighted by molar-refractivity contribution is 5.33. The topological polar surface area (TPSA) is 0 Å². The minimum absolute atomic E-state index is 0.985. The molecule has 1 aromatic carbocycles. The molecule has 0 atom stereocenters. The Labute approximate surface area is 86.7 Å². The molecule has 0 aliphatic heterocycles. The van der Waals surface area contributed by atoms with Crippen molar-refractivity contribution in [1.82, 2.24) is 0 Å². The summed E-state index contributed by atoms with van der Waals surface area (Å²) in [6.07, 6.45) is 7.55. The Hall–Kier alpha value is -1.48. The molecule has 0 fully saturated rings. The first kappa shape index (κ1) is 10.6. The summed E-state index contributed by atoms with van der Waals surface area (Å²) in [5.41, 5.74) is 1.11. The third-order valence-corrected chi connectivity index (χ3v) is 1.91. The molecule has 0 bridgehead atoms. The van der Waals surface area contributed by atoms with Gasteiger partial charge in [0.1, 0.15) is 0 Å². The molecule has 1 aromatic rings. The summed E-state index contributed by atoms with van der Waals surface area (Å²) >= 11 is 0. The highest BCUT2D eigenvalue weighted by Crippen LogP contribution is 1.98. The number of hydrogen-bond donors (Lipinski definition) is 0. The quantitative estimate of drug-likeness (QED) is 0.381. The summed E-state index contributed by atoms with van der Waals surface area (Å²) in [6.45, 7) is 2.05. The van der Waals surface area contributed by atoms with E-state index in [2.05, 4.69) is 30.9 Å². The molecule has 72 valence electrons. The average molecular weight is 184 g/mol. The Balaban J connectivity index is 2.27. The van der Waals surface area contributed by atoms with Crippen molar-refractivity contribution >= 4 is 0 Å². The maximum Gasteiger partial charge on any atom is 0.0245 e. The van der Waals surface area contributed by atoms with E-state index in [-0.39, 0.29) is 0 Å². The summed E-state index contributed by atoms with van der Waals surface area (Å²) in [4.78, 5) is 0. The molecule has 0 amide bonds. The number of allylic oxidation sites excluding steroid dienone is 2. The van der Waals surface area contributed by atoms with Crippen molar-refractivity contribution in [3.05, 3.63) is 48.0 Å². The first-order valence-electron chi connectivity index (χ1n) is 5.08. The van der Waals surface area contributed by atoms with Gasteiger partial charge >= 0.3 is 0 Å². The maximum absolute atomic E-state index is 3.18. The lowest BCUT2D eigenvalue weighted by atomic mass is 10.2. The summed E-state index contributed by atoms with van der Waals surface area (Å²) in [5, 5.41) is 0. The van der Waals surface area contributed by atoms with Crippen LogP contribution >= 0.6 is 0 Å². The fourth-order valence-corrected chi connectivity index (χ4v) is 1.16. The second-order valence-electron chi connectivity index (χ2n) is 3.13. The molecule has 0 spiro atoms. The third kappa shape index (κ3) is 4.52. The first-order chi connectivity index (χ1) is 6.93. The third-order valence-electron chi connectivity index (χ3n) is 1.91. The Kier molecular flexibility index (Phi) is 5.28. The van der Waals surface area contributed by atoms with Crippen LogP contribution in [-0.2, 0) is 0 Å². The van der Waals surface area contributed by atoms with Crippen LogP contribution in [0.2, 0.25) is 0 Å². The minimum Gasteiger partial charge on any atom is -0.0979 e. The van der Waals surface area contributed by atoms with Crippen LogP contribution in [0, 0.1) is 11.8 Å². The lowest BCUT2D eigenvalue weighted by molar-refractivity contribution is 0.884. The van der Waals surface area contributed by atoms with Gasteiger partial charge in [0.2, 0.25) is 0 Å². The molecule has 0 nitrogen and oxygen atoms in total. The van der Waals surface area contributed by atoms with Crippen LogP contribution in [0.15, 0.2) is 42.5 Å². The highest BCUT2D eigenvalue weighted by Gasteiger charge is 1.82. The number of benzene rings is 1. The van der Waals surface area contributed by atoms with Gasteiger partial charge in [-0.3, -0.25) is 0 Å². The van der Waals surface area contributed by atoms with E-state index in [1.165, 1.54) is 0 Å². The predicted molar refractivity (Wildman–Crippen MR) is 62.0 cm³/mol. The van der Waals surface area contributed by atoms with E-state index in [0.717, 1.165) is 24.8 Å². The van der Waals surface area contributed by atoms with Crippen molar-refractivity contribution in [2.45, 2.75) is 26.2 Å². The minimum atomic E-state index is 0.985. The molecular formula is C14H16. The zero-order valence-corrected chi connectivity index (χ0v) is 8.66. The Morgan fingerprint density at radius 2 is 2.00 bits per heavy atom. The average Bonchev–Trinajstić information content (AvgIpc) is 2.25. The zero-order chi connectivity index (χ0) is 10.1. The molecule has 0 heteroatoms. The van der Waals surface area contributed by atoms with Crippen molar-refractivity contribution < 1.29 is 0 Å². The molecule has 0 unspecified atom stereocenters. The summed E-state index contributed by atoms with van der Waals surface area (Å²) in [5.74, 6) is 6.32. The van der Waals surface area contributed by atoms with E-state index in [1.807, 2.05) is 30.3 Å². The van der Waals surface area contributed by atoms with Crippen LogP contribution in [0.4, 0.5) is 0 Å². The van der Waals surface area contributed by atoms with Crippen LogP contribution < -0.4 is 0 Å². The molecule has 0 heterocycles. The number of rotatable bonds is 3. The standard InChI is InChI=1S/C14H16/c1-2-3-4-5-6-8-11-14-12-9-7-10-13-14/h2-3,7,9-10,12-13H,4-6H2,1H3/b3-2+. The van der Waals surface area contributed by atoms with Crippen LogP contribution in [0.1, 0.15) is 31.7 Å². The van der Waals surface area contributed by atoms with Gasteiger partial charge in [0.05, 0.1) is 0 Å². The lowest BCUT2D eigenvalue weighted by Gasteiger charge is -1.88. The molecule has 0 aliphatic carbocycles. The predicted octanol–water partition coefficient (Wildman–Crippen LogP) is 3.78. The fourth-order valence-electron chi connectivity index (χ4n) is 1.16. The van der Waals surface area contributed by atoms with Crippen LogP contribution in [0.3, 0.4) is 0 Å². The zero-order valence-electron chi connectivity index (χ0n) is 8.66. The van der Waals surface area contributed by atoms with Crippen molar-refractivity contribution in [3.63, 3.8) is 0 Å². The van der Waals surface area contributed by atoms with E-state index in [4.69, 9.17) is 0 Å². The van der Waals surface area contributed by atoms with E-state index in [1.54, 1.807) is 0 Å². The van der Waals surface area contributed by atoms with E-state index < -0.39 is 0 Å². The molecule has 14 heavy (non-hydrogen) atoms. The van der Waals surface area contributed by atoms with Gasteiger partial charge in [-0.25, -0.2) is 0 Å². The molecule has 0 N–H and O–H groups in total. The molecule has 0 aliphatic rings. The smallest absolute Gasteiger partial charge is 0.0245 e. The Morgan fingerprint density at radius 3 is 2.71 bits per heavy atom. The number of unbranched alkanes of at least 4 members (excludes halogenated alkanes) is 2. The molecular weight excluding hydrogens is 168 g/mol. The molecule has 0 saturated heterocycles. The molecule has 0 radical (unpaired) electrons. The lowest BCUT2D eigenvalue weighted by Crippen LogP contribution is -1.72. The van der Waals surface area contributed by atoms with Crippen molar-refractivity contribution in [3.8, 4) is 11.8 Å². The van der Waals surface area contributed by atoms with Gasteiger partial charge in [-0.05, 0) is 31.9 Å². The van der Waals surface area contributed by atoms with E-state index >= 15 is 0 Å². The monoisotopic (exact) mass is 184 g/mol. The van der Waals surface area contributed by atoms with Crippen LogP contribution in [-0.4, -0.2) is 0 Å². The van der Waals surface area contributed by atoms with Gasteiger partial charge in [0, 0.05) is 12.0 Å². The normalized spacial score (nSPS) is 9.79. The van der Waals surface area contributed by atoms with Crippen molar-refractivity contribution in [1.29, 1.82) is 0 Å². The highest BCUT2D eigenvalue weighted by atomic mass is 13.9. The largest absolute Gasteiger partial charge is 0.0979 e. The van der Waals surface area contributed by atoms with Gasteiger partial charge in [0.25, 0.3) is 0 Å². The Bertz CT molecular complexity index is 322. The van der Waals surface area contributed by atoms with Crippen molar-refractivity contribution in [2.24, 2.45) is 0 Å². The maximum atomic E-state index is 3.18.